The van der Waals surface area contributed by atoms with Crippen LogP contribution in [0.2, 0.25) is 0 Å². The highest BCUT2D eigenvalue weighted by Gasteiger charge is 2.29. The zero-order valence-corrected chi connectivity index (χ0v) is 75.1. The third-order valence-corrected chi connectivity index (χ3v) is 20.7. The van der Waals surface area contributed by atoms with E-state index in [1.54, 1.807) is 0 Å². The summed E-state index contributed by atoms with van der Waals surface area (Å²) in [5.74, 6) is -1.63. The van der Waals surface area contributed by atoms with E-state index < -0.39 is 91.5 Å². The van der Waals surface area contributed by atoms with E-state index in [9.17, 15) is 43.5 Å². The van der Waals surface area contributed by atoms with Gasteiger partial charge in [-0.15, -0.1) is 0 Å². The first kappa shape index (κ1) is 111. The van der Waals surface area contributed by atoms with E-state index in [4.69, 9.17) is 32.3 Å². The minimum Gasteiger partial charge on any atom is -0.463 e. The number of unbranched alkanes of at least 4 members (excludes halogenated alkanes) is 30. The average molecular weight is 1670 g/mol. The molecule has 0 bridgehead atoms. The van der Waals surface area contributed by atoms with Crippen LogP contribution in [-0.2, 0) is 55.8 Å². The molecule has 5 atom stereocenters. The molecule has 0 rings (SSSR count). The van der Waals surface area contributed by atoms with Gasteiger partial charge < -0.3 is 34.2 Å². The molecule has 0 amide bonds. The number of esters is 3. The Morgan fingerprint density at radius 1 is 0.248 bits per heavy atom. The third-order valence-electron chi connectivity index (χ3n) is 18.8. The van der Waals surface area contributed by atoms with Gasteiger partial charge in [0.25, 0.3) is 0 Å². The van der Waals surface area contributed by atoms with Crippen molar-refractivity contribution < 1.29 is 75.8 Å². The van der Waals surface area contributed by atoms with Crippen LogP contribution in [0.5, 0.6) is 0 Å². The highest BCUT2D eigenvalue weighted by molar-refractivity contribution is 7.47. The Labute approximate surface area is 712 Å². The molecular formula is C99H164O16P2. The monoisotopic (exact) mass is 1670 g/mol. The summed E-state index contributed by atoms with van der Waals surface area (Å²) >= 11 is 0. The van der Waals surface area contributed by atoms with Gasteiger partial charge in [0.1, 0.15) is 25.4 Å². The number of carbonyl (C=O) groups is 3. The Morgan fingerprint density at radius 3 is 0.735 bits per heavy atom. The van der Waals surface area contributed by atoms with Crippen LogP contribution in [0.15, 0.2) is 194 Å². The lowest BCUT2D eigenvalue weighted by Crippen LogP contribution is -2.30. The maximum absolute atomic E-state index is 13.0. The highest BCUT2D eigenvalue weighted by Crippen LogP contribution is 2.45. The van der Waals surface area contributed by atoms with Crippen molar-refractivity contribution >= 4 is 33.6 Å². The van der Waals surface area contributed by atoms with Crippen molar-refractivity contribution in [3.63, 3.8) is 0 Å². The molecule has 4 N–H and O–H groups in total. The van der Waals surface area contributed by atoms with Crippen molar-refractivity contribution in [1.82, 2.24) is 0 Å². The topological polar surface area (TPSA) is 231 Å². The van der Waals surface area contributed by atoms with Crippen molar-refractivity contribution in [2.45, 2.75) is 373 Å². The van der Waals surface area contributed by atoms with Gasteiger partial charge >= 0.3 is 33.6 Å². The number of hydrogen-bond donors (Lipinski definition) is 4. The summed E-state index contributed by atoms with van der Waals surface area (Å²) in [7, 11) is -9.83. The normalized spacial score (nSPS) is 14.7. The molecule has 0 radical (unpaired) electrons. The molecule has 0 aliphatic rings. The second kappa shape index (κ2) is 89.6. The lowest BCUT2D eigenvalue weighted by Gasteiger charge is -2.21. The van der Waals surface area contributed by atoms with Crippen LogP contribution < -0.4 is 0 Å². The van der Waals surface area contributed by atoms with Gasteiger partial charge in [0, 0.05) is 19.3 Å². The molecule has 18 heteroatoms. The summed E-state index contributed by atoms with van der Waals surface area (Å²) in [5.41, 5.74) is 0. The van der Waals surface area contributed by atoms with E-state index >= 15 is 0 Å². The molecule has 0 saturated carbocycles. The van der Waals surface area contributed by atoms with Gasteiger partial charge in [-0.2, -0.15) is 0 Å². The summed E-state index contributed by atoms with van der Waals surface area (Å²) in [6, 6.07) is 0. The Kier molecular flexibility index (Phi) is 85.3. The number of carbonyl (C=O) groups excluding carboxylic acids is 3. The predicted octanol–water partition coefficient (Wildman–Crippen LogP) is 28.2. The Morgan fingerprint density at radius 2 is 0.453 bits per heavy atom. The molecule has 16 nitrogen and oxygen atoms in total. The molecular weight excluding hydrogens is 1510 g/mol. The minimum absolute atomic E-state index is 0.0435. The van der Waals surface area contributed by atoms with Crippen LogP contribution in [0.3, 0.4) is 0 Å². The Bertz CT molecular complexity index is 2910. The molecule has 0 spiro atoms. The van der Waals surface area contributed by atoms with E-state index in [0.717, 1.165) is 161 Å². The lowest BCUT2D eigenvalue weighted by molar-refractivity contribution is -0.161. The number of phosphoric ester groups is 2. The molecule has 0 aromatic heterocycles. The number of rotatable bonds is 85. The SMILES string of the molecule is CC/C=C\C/C=C\C/C=C\C/C=C\C/C=C\C/C=C\CCCCCCCCCCCCCCC(=O)OCC(O)COP(=O)(O)OCC(O)COP(=O)(O)OCC(COC(=O)CCCCCCCCCCCCCCC/C=C\C/C=C\C/C=C\C/C=C\CCCCC)OC(=O)CCCC/C=C\C/C=C\C/C=C\C/C=C\C/C=C\C/C=C\CC. The fraction of sp³-hybridized carbons (Fsp3) is 0.646. The first-order chi connectivity index (χ1) is 57.2. The van der Waals surface area contributed by atoms with Gasteiger partial charge in [-0.1, -0.05) is 363 Å². The summed E-state index contributed by atoms with van der Waals surface area (Å²) in [6.07, 6.45) is 119. The Balaban J connectivity index is 4.64. The van der Waals surface area contributed by atoms with Crippen molar-refractivity contribution in [3.8, 4) is 0 Å². The number of aliphatic hydroxyl groups is 2. The number of allylic oxidation sites excluding steroid dienone is 32. The second-order valence-corrected chi connectivity index (χ2v) is 32.9. The molecule has 0 saturated heterocycles. The number of ether oxygens (including phenoxy) is 3. The summed E-state index contributed by atoms with van der Waals surface area (Å²) in [4.78, 5) is 59.0. The van der Waals surface area contributed by atoms with Crippen LogP contribution in [0.1, 0.15) is 355 Å². The lowest BCUT2D eigenvalue weighted by atomic mass is 10.0. The van der Waals surface area contributed by atoms with Crippen LogP contribution >= 0.6 is 15.6 Å². The summed E-state index contributed by atoms with van der Waals surface area (Å²) in [5, 5.41) is 20.7. The molecule has 0 aromatic rings. The van der Waals surface area contributed by atoms with Gasteiger partial charge in [-0.3, -0.25) is 32.5 Å². The average Bonchev–Trinajstić information content (AvgIpc) is 0.899. The summed E-state index contributed by atoms with van der Waals surface area (Å²) < 4.78 is 61.4. The minimum atomic E-state index is -4.96. The van der Waals surface area contributed by atoms with Gasteiger partial charge in [0.15, 0.2) is 6.10 Å². The summed E-state index contributed by atoms with van der Waals surface area (Å²) in [6.45, 7) is 2.39. The smallest absolute Gasteiger partial charge is 0.463 e. The molecule has 117 heavy (non-hydrogen) atoms. The zero-order valence-electron chi connectivity index (χ0n) is 73.3. The third kappa shape index (κ3) is 91.0. The van der Waals surface area contributed by atoms with Gasteiger partial charge in [0.2, 0.25) is 0 Å². The fourth-order valence-electron chi connectivity index (χ4n) is 11.9. The van der Waals surface area contributed by atoms with Gasteiger partial charge in [0.05, 0.1) is 26.4 Å². The first-order valence-corrected chi connectivity index (χ1v) is 48.7. The van der Waals surface area contributed by atoms with Crippen molar-refractivity contribution in [2.24, 2.45) is 0 Å². The van der Waals surface area contributed by atoms with E-state index in [1.807, 2.05) is 0 Å². The van der Waals surface area contributed by atoms with Crippen molar-refractivity contribution in [2.75, 3.05) is 39.6 Å². The molecule has 0 aromatic carbocycles. The van der Waals surface area contributed by atoms with Crippen LogP contribution in [0, 0.1) is 0 Å². The fourth-order valence-corrected chi connectivity index (χ4v) is 13.5. The highest BCUT2D eigenvalue weighted by atomic mass is 31.2. The number of aliphatic hydroxyl groups excluding tert-OH is 2. The first-order valence-electron chi connectivity index (χ1n) is 45.7. The predicted molar refractivity (Wildman–Crippen MR) is 491 cm³/mol. The zero-order chi connectivity index (χ0) is 85.1. The molecule has 0 aliphatic carbocycles. The van der Waals surface area contributed by atoms with E-state index in [-0.39, 0.29) is 19.3 Å². The van der Waals surface area contributed by atoms with Crippen molar-refractivity contribution in [1.29, 1.82) is 0 Å². The van der Waals surface area contributed by atoms with Gasteiger partial charge in [-0.05, 0) is 167 Å². The molecule has 0 fully saturated rings. The molecule has 5 unspecified atom stereocenters. The van der Waals surface area contributed by atoms with Crippen LogP contribution in [-0.4, -0.2) is 95.9 Å². The molecule has 666 valence electrons. The largest absolute Gasteiger partial charge is 0.472 e. The van der Waals surface area contributed by atoms with Crippen LogP contribution in [0.4, 0.5) is 0 Å². The quantitative estimate of drug-likeness (QED) is 0.0146. The Hall–Kier alpha value is -5.61. The number of phosphoric acid groups is 2. The molecule has 0 heterocycles. The van der Waals surface area contributed by atoms with Crippen LogP contribution in [0.25, 0.3) is 0 Å². The van der Waals surface area contributed by atoms with Crippen molar-refractivity contribution in [3.05, 3.63) is 194 Å². The number of hydrogen-bond acceptors (Lipinski definition) is 14. The van der Waals surface area contributed by atoms with Gasteiger partial charge in [-0.25, -0.2) is 9.13 Å². The maximum atomic E-state index is 13.0. The maximum Gasteiger partial charge on any atom is 0.472 e. The van der Waals surface area contributed by atoms with E-state index in [1.165, 1.54) is 128 Å². The van der Waals surface area contributed by atoms with E-state index in [0.29, 0.717) is 25.7 Å². The van der Waals surface area contributed by atoms with E-state index in [2.05, 4.69) is 215 Å². The standard InChI is InChI=1S/C99H164O16P2/c1-4-7-10-13-16-19-22-25-28-31-34-37-39-41-43-45-46-48-50-51-53-56-58-61-64-67-70-73-76-79-82-85-97(102)109-88-94(100)89-111-116(105,106)112-90-95(101)91-113-117(107,108)114-93-96(115-99(104)87-84-81-78-75-72-69-66-63-60-55-36-33-30-27-24-21-18-15-12-9-6-3)92-110-98(103)86-83-80-77-74-71-68-65-62-59-57-54-52-49-47-44-42-40-38-35-32-29-26-23-20-17-14-11-8-5-2/h7,9-10,12,16-21,25-30,34-38,41-44,46,48,55,63,66,72,75,94-96,100-101H,4-6,8,11,13-15,22-24,31-33,39-40,45,47,49-54,56-62,64-65,67-71,73-74,76-93H2,1-3H3,(H,105,106)(H,107,108)/b10-7-,12-9-,19-16-,20-17-,21-18-,28-25-,29-26-,30-27-,37-34-,38-35-,43-41-,44-42-,48-46-,55-36-,66-63-,75-72-. The molecule has 0 aliphatic heterocycles. The second-order valence-electron chi connectivity index (χ2n) is 30.0.